The van der Waals surface area contributed by atoms with E-state index >= 15 is 0 Å². The maximum atomic E-state index is 3.97. The largest absolute Gasteiger partial charge is 0.344 e. The van der Waals surface area contributed by atoms with Crippen LogP contribution in [0.15, 0.2) is 54.6 Å². The second-order valence-electron chi connectivity index (χ2n) is 8.63. The van der Waals surface area contributed by atoms with Crippen LogP contribution in [-0.4, -0.2) is 0 Å². The smallest absolute Gasteiger partial charge is 0 e. The van der Waals surface area contributed by atoms with E-state index < -0.39 is 0 Å². The molecule has 0 spiro atoms. The van der Waals surface area contributed by atoms with Gasteiger partial charge in [-0.1, -0.05) is 24.1 Å². The first-order valence-corrected chi connectivity index (χ1v) is 11.8. The Bertz CT molecular complexity index is 923. The second kappa shape index (κ2) is 23.5. The summed E-state index contributed by atoms with van der Waals surface area (Å²) < 4.78 is 0. The fourth-order valence-corrected chi connectivity index (χ4v) is 3.54. The summed E-state index contributed by atoms with van der Waals surface area (Å²) in [6.45, 7) is 29.6. The Hall–Kier alpha value is 0.582. The predicted octanol–water partition coefficient (Wildman–Crippen LogP) is 8.82. The van der Waals surface area contributed by atoms with E-state index in [9.17, 15) is 0 Å². The molecule has 0 nitrogen and oxygen atoms in total. The average molecular weight is 705 g/mol. The van der Waals surface area contributed by atoms with Crippen molar-refractivity contribution in [2.45, 2.75) is 59.3 Å². The van der Waals surface area contributed by atoms with Gasteiger partial charge in [-0.15, -0.1) is 55.2 Å². The molecule has 0 saturated carbocycles. The molecule has 0 aromatic heterocycles. The van der Waals surface area contributed by atoms with Gasteiger partial charge in [0.25, 0.3) is 0 Å². The third kappa shape index (κ3) is 16.5. The molecule has 36 heavy (non-hydrogen) atoms. The van der Waals surface area contributed by atoms with Crippen LogP contribution >= 0.6 is 0 Å². The molecule has 3 radical (unpaired) electrons. The first kappa shape index (κ1) is 41.1. The fourth-order valence-electron chi connectivity index (χ4n) is 3.54. The third-order valence-corrected chi connectivity index (χ3v) is 5.42. The zero-order valence-electron chi connectivity index (χ0n) is 22.9. The summed E-state index contributed by atoms with van der Waals surface area (Å²) in [7, 11) is 0. The zero-order valence-corrected chi connectivity index (χ0v) is 31.4. The summed E-state index contributed by atoms with van der Waals surface area (Å²) >= 11 is 0. The van der Waals surface area contributed by atoms with Gasteiger partial charge in [-0.2, -0.15) is 91.6 Å². The summed E-state index contributed by atoms with van der Waals surface area (Å²) in [6.07, 6.45) is 5.98. The van der Waals surface area contributed by atoms with Crippen molar-refractivity contribution < 1.29 is 98.1 Å². The van der Waals surface area contributed by atoms with Crippen LogP contribution in [-0.2, 0) is 117 Å². The summed E-state index contributed by atoms with van der Waals surface area (Å²) in [4.78, 5) is 0. The van der Waals surface area contributed by atoms with Gasteiger partial charge in [-0.25, -0.2) is 0 Å². The molecule has 0 atom stereocenters. The van der Waals surface area contributed by atoms with Crippen LogP contribution in [0.4, 0.5) is 0 Å². The van der Waals surface area contributed by atoms with Crippen molar-refractivity contribution in [3.63, 3.8) is 0 Å². The molecule has 3 heteroatoms. The van der Waals surface area contributed by atoms with Crippen molar-refractivity contribution in [2.75, 3.05) is 0 Å². The summed E-state index contributed by atoms with van der Waals surface area (Å²) in [5.41, 5.74) is 11.3. The molecule has 0 aliphatic heterocycles. The van der Waals surface area contributed by atoms with Gasteiger partial charge >= 0.3 is 0 Å². The van der Waals surface area contributed by atoms with Gasteiger partial charge in [0.1, 0.15) is 0 Å². The SMILES string of the molecule is [CH2-]CCc1cc(C)ccc1[CH2-].[CH2-]CCc1cc(C)ccc1[CH2-].[CH2-]CCc1ccc(C)cc1[CH2-].[Y].[Y].[Y]. The second-order valence-corrected chi connectivity index (χ2v) is 8.63. The first-order valence-electron chi connectivity index (χ1n) is 11.8. The van der Waals surface area contributed by atoms with Crippen molar-refractivity contribution in [3.8, 4) is 0 Å². The molecule has 0 N–H and O–H groups in total. The Kier molecular flexibility index (Phi) is 26.8. The van der Waals surface area contributed by atoms with Crippen molar-refractivity contribution >= 4 is 0 Å². The van der Waals surface area contributed by atoms with E-state index in [1.807, 2.05) is 0 Å². The van der Waals surface area contributed by atoms with E-state index in [-0.39, 0.29) is 98.1 Å². The average Bonchev–Trinajstić information content (AvgIpc) is 2.77. The maximum absolute atomic E-state index is 3.97. The van der Waals surface area contributed by atoms with Gasteiger partial charge in [-0.3, -0.25) is 0 Å². The number of hydrogen-bond donors (Lipinski definition) is 0. The number of hydrogen-bond acceptors (Lipinski definition) is 0. The molecule has 0 unspecified atom stereocenters. The molecule has 0 saturated heterocycles. The third-order valence-electron chi connectivity index (χ3n) is 5.42. The van der Waals surface area contributed by atoms with Crippen LogP contribution in [0.1, 0.15) is 69.3 Å². The monoisotopic (exact) mass is 705 g/mol. The minimum atomic E-state index is 0. The fraction of sp³-hybridized carbons (Fsp3) is 0.273. The summed E-state index contributed by atoms with van der Waals surface area (Å²) in [5, 5.41) is 0. The van der Waals surface area contributed by atoms with Crippen LogP contribution in [0, 0.1) is 62.3 Å². The topological polar surface area (TPSA) is 0 Å². The molecule has 3 aromatic rings. The molecular weight excluding hydrogens is 663 g/mol. The number of rotatable bonds is 6. The Morgan fingerprint density at radius 2 is 0.778 bits per heavy atom. The number of benzene rings is 3. The normalized spacial score (nSPS) is 9.17. The Morgan fingerprint density at radius 3 is 1.14 bits per heavy atom. The van der Waals surface area contributed by atoms with E-state index in [0.717, 1.165) is 55.2 Å². The van der Waals surface area contributed by atoms with E-state index in [1.54, 1.807) is 0 Å². The van der Waals surface area contributed by atoms with Crippen LogP contribution in [0.3, 0.4) is 0 Å². The minimum Gasteiger partial charge on any atom is -0.344 e. The zero-order chi connectivity index (χ0) is 24.8. The Morgan fingerprint density at radius 1 is 0.444 bits per heavy atom. The van der Waals surface area contributed by atoms with Gasteiger partial charge in [0.05, 0.1) is 0 Å². The molecule has 189 valence electrons. The van der Waals surface area contributed by atoms with Gasteiger partial charge < -0.3 is 20.8 Å². The summed E-state index contributed by atoms with van der Waals surface area (Å²) in [6, 6.07) is 19.1. The molecular formula is C33H42Y3-6. The van der Waals surface area contributed by atoms with Crippen LogP contribution < -0.4 is 0 Å². The van der Waals surface area contributed by atoms with E-state index in [4.69, 9.17) is 0 Å². The Labute approximate surface area is 299 Å². The Balaban J connectivity index is -0.000000436. The van der Waals surface area contributed by atoms with Gasteiger partial charge in [0.15, 0.2) is 0 Å². The predicted molar refractivity (Wildman–Crippen MR) is 148 cm³/mol. The van der Waals surface area contributed by atoms with Crippen molar-refractivity contribution in [1.82, 2.24) is 0 Å². The molecule has 3 rings (SSSR count). The molecule has 0 aliphatic rings. The number of aryl methyl sites for hydroxylation is 6. The van der Waals surface area contributed by atoms with Gasteiger partial charge in [0.2, 0.25) is 0 Å². The summed E-state index contributed by atoms with van der Waals surface area (Å²) in [5.74, 6) is 0. The van der Waals surface area contributed by atoms with Gasteiger partial charge in [-0.05, 0) is 13.8 Å². The van der Waals surface area contributed by atoms with E-state index in [2.05, 4.69) is 117 Å². The molecule has 0 bridgehead atoms. The van der Waals surface area contributed by atoms with Crippen LogP contribution in [0.25, 0.3) is 0 Å². The maximum Gasteiger partial charge on any atom is 0 e. The van der Waals surface area contributed by atoms with Crippen molar-refractivity contribution in [1.29, 1.82) is 0 Å². The standard InChI is InChI=1S/3C11H14.3Y/c1-4-5-11-7-6-9(2)8-10(11)3;2*1-4-5-11-8-9(2)6-7-10(11)3;;;/h3*6-8H,1,3-5H2,2H3;;;/q3*-2;;;. The van der Waals surface area contributed by atoms with Crippen molar-refractivity contribution in [3.05, 3.63) is 146 Å². The van der Waals surface area contributed by atoms with E-state index in [1.165, 1.54) is 33.4 Å². The first-order chi connectivity index (χ1) is 15.7. The minimum absolute atomic E-state index is 0. The quantitative estimate of drug-likeness (QED) is 0.225. The van der Waals surface area contributed by atoms with Crippen LogP contribution in [0.2, 0.25) is 0 Å². The van der Waals surface area contributed by atoms with Gasteiger partial charge in [0, 0.05) is 98.1 Å². The van der Waals surface area contributed by atoms with Crippen LogP contribution in [0.5, 0.6) is 0 Å². The molecule has 0 amide bonds. The molecule has 0 aliphatic carbocycles. The van der Waals surface area contributed by atoms with E-state index in [0.29, 0.717) is 0 Å². The van der Waals surface area contributed by atoms with Crippen molar-refractivity contribution in [2.24, 2.45) is 0 Å². The molecule has 0 heterocycles. The molecule has 0 fully saturated rings. The molecule has 3 aromatic carbocycles.